The second-order valence-electron chi connectivity index (χ2n) is 6.44. The van der Waals surface area contributed by atoms with Crippen molar-refractivity contribution < 1.29 is 4.79 Å². The maximum absolute atomic E-state index is 12.7. The highest BCUT2D eigenvalue weighted by atomic mass is 35.5. The first-order valence-corrected chi connectivity index (χ1v) is 9.64. The molecule has 3 N–H and O–H groups in total. The largest absolute Gasteiger partial charge is 0.348 e. The highest BCUT2D eigenvalue weighted by Gasteiger charge is 2.25. The molecule has 0 aliphatic carbocycles. The van der Waals surface area contributed by atoms with Gasteiger partial charge in [-0.25, -0.2) is 9.97 Å². The molecule has 26 heavy (non-hydrogen) atoms. The lowest BCUT2D eigenvalue weighted by atomic mass is 10.1. The summed E-state index contributed by atoms with van der Waals surface area (Å²) in [5, 5.41) is 7.55. The van der Waals surface area contributed by atoms with Crippen molar-refractivity contribution in [2.24, 2.45) is 0 Å². The van der Waals surface area contributed by atoms with E-state index in [0.717, 1.165) is 47.0 Å². The molecule has 1 amide bonds. The number of halogens is 1. The predicted molar refractivity (Wildman–Crippen MR) is 108 cm³/mol. The van der Waals surface area contributed by atoms with Gasteiger partial charge in [0.15, 0.2) is 0 Å². The van der Waals surface area contributed by atoms with Crippen LogP contribution >= 0.6 is 24.2 Å². The Kier molecular flexibility index (Phi) is 6.05. The number of thioether (sulfide) groups is 1. The fourth-order valence-electron chi connectivity index (χ4n) is 3.39. The fourth-order valence-corrected chi connectivity index (χ4v) is 4.29. The van der Waals surface area contributed by atoms with Crippen LogP contribution in [0.15, 0.2) is 29.7 Å². The summed E-state index contributed by atoms with van der Waals surface area (Å²) in [7, 11) is 0. The smallest absolute Gasteiger partial charge is 0.259 e. The van der Waals surface area contributed by atoms with Crippen LogP contribution in [0, 0.1) is 0 Å². The van der Waals surface area contributed by atoms with Gasteiger partial charge in [0.1, 0.15) is 17.8 Å². The van der Waals surface area contributed by atoms with Crippen LogP contribution in [-0.4, -0.2) is 51.8 Å². The highest BCUT2D eigenvalue weighted by Crippen LogP contribution is 2.29. The van der Waals surface area contributed by atoms with Crippen LogP contribution in [0.3, 0.4) is 0 Å². The zero-order valence-corrected chi connectivity index (χ0v) is 16.2. The quantitative estimate of drug-likeness (QED) is 0.735. The van der Waals surface area contributed by atoms with Crippen LogP contribution in [0.25, 0.3) is 11.0 Å². The maximum atomic E-state index is 12.7. The predicted octanol–water partition coefficient (Wildman–Crippen LogP) is 2.03. The number of rotatable bonds is 4. The van der Waals surface area contributed by atoms with Crippen molar-refractivity contribution in [1.82, 2.24) is 25.6 Å². The Morgan fingerprint density at radius 2 is 2.35 bits per heavy atom. The summed E-state index contributed by atoms with van der Waals surface area (Å²) in [5.74, 6) is 1.68. The summed E-state index contributed by atoms with van der Waals surface area (Å²) in [6, 6.07) is 2.46. The number of anilines is 1. The van der Waals surface area contributed by atoms with Gasteiger partial charge in [-0.2, -0.15) is 0 Å². The SMILES string of the molecule is CC(NC(=O)C1=CN(c2ncnc3[nH]ccc23)CCS1)[C@H]1CCCN1.Cl. The van der Waals surface area contributed by atoms with E-state index in [1.165, 1.54) is 6.42 Å². The molecule has 2 aromatic rings. The third kappa shape index (κ3) is 3.82. The van der Waals surface area contributed by atoms with E-state index in [9.17, 15) is 4.79 Å². The number of carbonyl (C=O) groups excluding carboxylic acids is 1. The lowest BCUT2D eigenvalue weighted by molar-refractivity contribution is -0.117. The minimum absolute atomic E-state index is 0. The second kappa shape index (κ2) is 8.28. The van der Waals surface area contributed by atoms with Gasteiger partial charge in [-0.1, -0.05) is 0 Å². The third-order valence-corrected chi connectivity index (χ3v) is 5.74. The van der Waals surface area contributed by atoms with Crippen molar-refractivity contribution in [3.05, 3.63) is 29.7 Å². The van der Waals surface area contributed by atoms with Crippen molar-refractivity contribution in [3.63, 3.8) is 0 Å². The van der Waals surface area contributed by atoms with E-state index < -0.39 is 0 Å². The van der Waals surface area contributed by atoms with Crippen LogP contribution in [-0.2, 0) is 4.79 Å². The minimum atomic E-state index is -0.00438. The molecule has 140 valence electrons. The highest BCUT2D eigenvalue weighted by molar-refractivity contribution is 8.04. The van der Waals surface area contributed by atoms with Gasteiger partial charge < -0.3 is 20.5 Å². The van der Waals surface area contributed by atoms with Gasteiger partial charge in [-0.15, -0.1) is 24.2 Å². The van der Waals surface area contributed by atoms with E-state index in [1.807, 2.05) is 23.4 Å². The van der Waals surface area contributed by atoms with Crippen molar-refractivity contribution in [2.75, 3.05) is 23.7 Å². The fraction of sp³-hybridized carbons (Fsp3) is 0.471. The molecule has 0 spiro atoms. The molecule has 4 heterocycles. The standard InChI is InChI=1S/C17H22N6OS.ClH/c1-11(13-3-2-5-18-13)22-17(24)14-9-23(7-8-25-14)16-12-4-6-19-15(12)20-10-21-16;/h4,6,9-11,13,18H,2-3,5,7-8H2,1H3,(H,22,24)(H,19,20,21);1H/t11?,13-;/m1./s1. The lowest BCUT2D eigenvalue weighted by Crippen LogP contribution is -2.46. The molecule has 2 atom stereocenters. The molecule has 4 rings (SSSR count). The lowest BCUT2D eigenvalue weighted by Gasteiger charge is -2.27. The van der Waals surface area contributed by atoms with Gasteiger partial charge in [-0.3, -0.25) is 4.79 Å². The zero-order valence-electron chi connectivity index (χ0n) is 14.6. The van der Waals surface area contributed by atoms with Crippen LogP contribution in [0.2, 0.25) is 0 Å². The topological polar surface area (TPSA) is 85.9 Å². The van der Waals surface area contributed by atoms with E-state index in [1.54, 1.807) is 18.1 Å². The van der Waals surface area contributed by atoms with E-state index in [-0.39, 0.29) is 24.4 Å². The summed E-state index contributed by atoms with van der Waals surface area (Å²) in [6.07, 6.45) is 7.61. The van der Waals surface area contributed by atoms with Crippen molar-refractivity contribution in [1.29, 1.82) is 0 Å². The number of H-pyrrole nitrogens is 1. The summed E-state index contributed by atoms with van der Waals surface area (Å²) in [5.41, 5.74) is 0.809. The molecule has 0 saturated carbocycles. The average Bonchev–Trinajstić information content (AvgIpc) is 3.33. The molecule has 2 aliphatic heterocycles. The minimum Gasteiger partial charge on any atom is -0.348 e. The zero-order chi connectivity index (χ0) is 17.2. The normalized spacial score (nSPS) is 21.2. The van der Waals surface area contributed by atoms with E-state index in [4.69, 9.17) is 0 Å². The van der Waals surface area contributed by atoms with Crippen LogP contribution in [0.1, 0.15) is 19.8 Å². The maximum Gasteiger partial charge on any atom is 0.259 e. The summed E-state index contributed by atoms with van der Waals surface area (Å²) in [6.45, 7) is 3.93. The Balaban J connectivity index is 0.00000196. The number of nitrogens with one attached hydrogen (secondary N) is 3. The number of nitrogens with zero attached hydrogens (tertiary/aromatic N) is 3. The Labute approximate surface area is 162 Å². The van der Waals surface area contributed by atoms with Crippen LogP contribution in [0.5, 0.6) is 0 Å². The van der Waals surface area contributed by atoms with Gasteiger partial charge in [-0.05, 0) is 32.4 Å². The first-order chi connectivity index (χ1) is 12.2. The van der Waals surface area contributed by atoms with Gasteiger partial charge in [0, 0.05) is 36.8 Å². The van der Waals surface area contributed by atoms with Gasteiger partial charge in [0.2, 0.25) is 0 Å². The van der Waals surface area contributed by atoms with Crippen LogP contribution < -0.4 is 15.5 Å². The molecule has 9 heteroatoms. The molecule has 1 saturated heterocycles. The molecule has 2 aliphatic rings. The average molecular weight is 395 g/mol. The van der Waals surface area contributed by atoms with Crippen molar-refractivity contribution in [3.8, 4) is 0 Å². The number of hydrogen-bond donors (Lipinski definition) is 3. The molecule has 7 nitrogen and oxygen atoms in total. The number of amides is 1. The summed E-state index contributed by atoms with van der Waals surface area (Å²) in [4.78, 5) is 27.2. The van der Waals surface area contributed by atoms with Crippen molar-refractivity contribution >= 4 is 46.9 Å². The van der Waals surface area contributed by atoms with Crippen molar-refractivity contribution in [2.45, 2.75) is 31.8 Å². The van der Waals surface area contributed by atoms with Gasteiger partial charge in [0.05, 0.1) is 10.3 Å². The molecular formula is C17H23ClN6OS. The summed E-state index contributed by atoms with van der Waals surface area (Å²) >= 11 is 1.60. The van der Waals surface area contributed by atoms with Gasteiger partial charge in [0.25, 0.3) is 5.91 Å². The van der Waals surface area contributed by atoms with Crippen LogP contribution in [0.4, 0.5) is 5.82 Å². The molecule has 2 aromatic heterocycles. The number of carbonyl (C=O) groups is 1. The van der Waals surface area contributed by atoms with E-state index in [0.29, 0.717) is 6.04 Å². The number of aromatic nitrogens is 3. The molecule has 0 bridgehead atoms. The van der Waals surface area contributed by atoms with E-state index in [2.05, 4.69) is 32.5 Å². The third-order valence-electron chi connectivity index (χ3n) is 4.75. The Morgan fingerprint density at radius 1 is 1.46 bits per heavy atom. The Morgan fingerprint density at radius 3 is 3.15 bits per heavy atom. The number of aromatic amines is 1. The molecule has 0 aromatic carbocycles. The molecule has 1 unspecified atom stereocenters. The summed E-state index contributed by atoms with van der Waals surface area (Å²) < 4.78 is 0. The van der Waals surface area contributed by atoms with Gasteiger partial charge >= 0.3 is 0 Å². The number of hydrogen-bond acceptors (Lipinski definition) is 6. The molecule has 0 radical (unpaired) electrons. The molecular weight excluding hydrogens is 372 g/mol. The Hall–Kier alpha value is -1.77. The first kappa shape index (κ1) is 19.0. The number of fused-ring (bicyclic) bond motifs is 1. The monoisotopic (exact) mass is 394 g/mol. The first-order valence-electron chi connectivity index (χ1n) is 8.66. The molecule has 1 fully saturated rings. The Bertz CT molecular complexity index is 803. The van der Waals surface area contributed by atoms with E-state index >= 15 is 0 Å². The second-order valence-corrected chi connectivity index (χ2v) is 7.57.